The van der Waals surface area contributed by atoms with Crippen LogP contribution < -0.4 is 9.47 Å². The van der Waals surface area contributed by atoms with Gasteiger partial charge < -0.3 is 19.5 Å². The van der Waals surface area contributed by atoms with E-state index in [0.29, 0.717) is 18.6 Å². The average molecular weight is 341 g/mol. The molecule has 25 heavy (non-hydrogen) atoms. The lowest BCUT2D eigenvalue weighted by Crippen LogP contribution is -2.45. The van der Waals surface area contributed by atoms with Crippen molar-refractivity contribution in [1.82, 2.24) is 4.90 Å². The van der Waals surface area contributed by atoms with E-state index in [0.717, 1.165) is 29.8 Å². The molecule has 0 bridgehead atoms. The van der Waals surface area contributed by atoms with Crippen molar-refractivity contribution in [2.45, 2.75) is 25.3 Å². The van der Waals surface area contributed by atoms with Crippen LogP contribution in [0.4, 0.5) is 0 Å². The molecule has 1 amide bonds. The monoisotopic (exact) mass is 341 g/mol. The van der Waals surface area contributed by atoms with Crippen molar-refractivity contribution >= 4 is 5.91 Å². The summed E-state index contributed by atoms with van der Waals surface area (Å²) >= 11 is 0. The molecule has 5 heteroatoms. The van der Waals surface area contributed by atoms with Gasteiger partial charge in [-0.3, -0.25) is 4.79 Å². The second-order valence-electron chi connectivity index (χ2n) is 6.17. The molecule has 1 unspecified atom stereocenters. The molecular weight excluding hydrogens is 318 g/mol. The van der Waals surface area contributed by atoms with Crippen molar-refractivity contribution in [3.63, 3.8) is 0 Å². The van der Waals surface area contributed by atoms with Crippen molar-refractivity contribution in [2.24, 2.45) is 0 Å². The van der Waals surface area contributed by atoms with E-state index in [4.69, 9.17) is 9.47 Å². The third-order valence-corrected chi connectivity index (χ3v) is 4.69. The third kappa shape index (κ3) is 3.71. The van der Waals surface area contributed by atoms with E-state index < -0.39 is 0 Å². The SMILES string of the molecule is COc1cccc(C2CCN2C(=O)CCc2ccc(OC)c(O)c2)c1. The van der Waals surface area contributed by atoms with E-state index in [9.17, 15) is 9.90 Å². The lowest BCUT2D eigenvalue weighted by atomic mass is 9.93. The lowest BCUT2D eigenvalue weighted by molar-refractivity contribution is -0.139. The van der Waals surface area contributed by atoms with Crippen LogP contribution in [-0.4, -0.2) is 36.7 Å². The number of carbonyl (C=O) groups excluding carboxylic acids is 1. The molecule has 0 aliphatic carbocycles. The van der Waals surface area contributed by atoms with E-state index in [1.54, 1.807) is 19.2 Å². The van der Waals surface area contributed by atoms with Crippen molar-refractivity contribution in [3.8, 4) is 17.2 Å². The fourth-order valence-electron chi connectivity index (χ4n) is 3.17. The van der Waals surface area contributed by atoms with Crippen molar-refractivity contribution in [3.05, 3.63) is 53.6 Å². The number of methoxy groups -OCH3 is 2. The number of phenols is 1. The van der Waals surface area contributed by atoms with E-state index in [1.807, 2.05) is 35.2 Å². The highest BCUT2D eigenvalue weighted by atomic mass is 16.5. The van der Waals surface area contributed by atoms with Crippen LogP contribution in [0.1, 0.15) is 30.0 Å². The van der Waals surface area contributed by atoms with Gasteiger partial charge in [-0.15, -0.1) is 0 Å². The topological polar surface area (TPSA) is 59.0 Å². The molecular formula is C20H23NO4. The van der Waals surface area contributed by atoms with Gasteiger partial charge in [-0.2, -0.15) is 0 Å². The first-order valence-electron chi connectivity index (χ1n) is 8.41. The van der Waals surface area contributed by atoms with Crippen molar-refractivity contribution in [1.29, 1.82) is 0 Å². The van der Waals surface area contributed by atoms with Gasteiger partial charge in [0.2, 0.25) is 5.91 Å². The lowest BCUT2D eigenvalue weighted by Gasteiger charge is -2.41. The van der Waals surface area contributed by atoms with Crippen LogP contribution in [0.25, 0.3) is 0 Å². The Labute approximate surface area is 147 Å². The highest BCUT2D eigenvalue weighted by Gasteiger charge is 2.33. The number of amides is 1. The Morgan fingerprint density at radius 3 is 2.68 bits per heavy atom. The third-order valence-electron chi connectivity index (χ3n) is 4.69. The average Bonchev–Trinajstić information content (AvgIpc) is 2.59. The van der Waals surface area contributed by atoms with Gasteiger partial charge in [-0.25, -0.2) is 0 Å². The van der Waals surface area contributed by atoms with Crippen LogP contribution >= 0.6 is 0 Å². The Hall–Kier alpha value is -2.69. The first-order valence-corrected chi connectivity index (χ1v) is 8.41. The number of phenolic OH excluding ortho intramolecular Hbond substituents is 1. The highest BCUT2D eigenvalue weighted by Crippen LogP contribution is 2.35. The maximum atomic E-state index is 12.6. The van der Waals surface area contributed by atoms with E-state index >= 15 is 0 Å². The fraction of sp³-hybridized carbons (Fsp3) is 0.350. The Morgan fingerprint density at radius 2 is 2.04 bits per heavy atom. The number of ether oxygens (including phenoxy) is 2. The first kappa shape index (κ1) is 17.1. The van der Waals surface area contributed by atoms with Crippen LogP contribution in [0.5, 0.6) is 17.2 Å². The molecule has 0 aromatic heterocycles. The number of benzene rings is 2. The highest BCUT2D eigenvalue weighted by molar-refractivity contribution is 5.78. The molecule has 1 fully saturated rings. The van der Waals surface area contributed by atoms with Gasteiger partial charge >= 0.3 is 0 Å². The van der Waals surface area contributed by atoms with Crippen molar-refractivity contribution in [2.75, 3.05) is 20.8 Å². The number of aryl methyl sites for hydroxylation is 1. The zero-order valence-electron chi connectivity index (χ0n) is 14.6. The number of likely N-dealkylation sites (tertiary alicyclic amines) is 1. The Kier molecular flexibility index (Phi) is 5.12. The molecule has 0 saturated carbocycles. The standard InChI is InChI=1S/C20H23NO4/c1-24-16-5-3-4-15(13-16)17-10-11-21(17)20(23)9-7-14-6-8-19(25-2)18(22)12-14/h3-6,8,12-13,17,22H,7,9-11H2,1-2H3. The molecule has 1 N–H and O–H groups in total. The molecule has 132 valence electrons. The zero-order valence-corrected chi connectivity index (χ0v) is 14.6. The maximum Gasteiger partial charge on any atom is 0.223 e. The normalized spacial score (nSPS) is 16.2. The Balaban J connectivity index is 1.60. The molecule has 3 rings (SSSR count). The smallest absolute Gasteiger partial charge is 0.223 e. The molecule has 2 aromatic rings. The summed E-state index contributed by atoms with van der Waals surface area (Å²) in [5.74, 6) is 1.49. The largest absolute Gasteiger partial charge is 0.504 e. The Bertz CT molecular complexity index is 759. The van der Waals surface area contributed by atoms with Crippen LogP contribution in [0.3, 0.4) is 0 Å². The van der Waals surface area contributed by atoms with E-state index in [-0.39, 0.29) is 17.7 Å². The minimum absolute atomic E-state index is 0.102. The van der Waals surface area contributed by atoms with Gasteiger partial charge in [-0.1, -0.05) is 18.2 Å². The summed E-state index contributed by atoms with van der Waals surface area (Å²) in [4.78, 5) is 14.5. The van der Waals surface area contributed by atoms with Crippen LogP contribution in [0.2, 0.25) is 0 Å². The summed E-state index contributed by atoms with van der Waals surface area (Å²) in [6.45, 7) is 0.786. The second kappa shape index (κ2) is 7.47. The van der Waals surface area contributed by atoms with Gasteiger partial charge in [0.15, 0.2) is 11.5 Å². The zero-order chi connectivity index (χ0) is 17.8. The predicted octanol–water partition coefficient (Wildman–Crippen LogP) is 3.32. The summed E-state index contributed by atoms with van der Waals surface area (Å²) in [6.07, 6.45) is 1.99. The molecule has 5 nitrogen and oxygen atoms in total. The number of aromatic hydroxyl groups is 1. The summed E-state index contributed by atoms with van der Waals surface area (Å²) in [6, 6.07) is 13.3. The number of carbonyl (C=O) groups is 1. The molecule has 1 heterocycles. The minimum atomic E-state index is 0.102. The molecule has 1 atom stereocenters. The van der Waals surface area contributed by atoms with Crippen molar-refractivity contribution < 1.29 is 19.4 Å². The number of rotatable bonds is 6. The molecule has 2 aromatic carbocycles. The molecule has 0 spiro atoms. The Morgan fingerprint density at radius 1 is 1.20 bits per heavy atom. The van der Waals surface area contributed by atoms with Crippen LogP contribution in [0.15, 0.2) is 42.5 Å². The van der Waals surface area contributed by atoms with Gasteiger partial charge in [0.05, 0.1) is 20.3 Å². The van der Waals surface area contributed by atoms with E-state index in [2.05, 4.69) is 0 Å². The molecule has 1 saturated heterocycles. The summed E-state index contributed by atoms with van der Waals surface area (Å²) in [5.41, 5.74) is 2.03. The summed E-state index contributed by atoms with van der Waals surface area (Å²) in [5, 5.41) is 9.83. The van der Waals surface area contributed by atoms with E-state index in [1.165, 1.54) is 7.11 Å². The maximum absolute atomic E-state index is 12.6. The molecule has 1 aliphatic rings. The number of hydrogen-bond donors (Lipinski definition) is 1. The molecule has 0 radical (unpaired) electrons. The summed E-state index contributed by atoms with van der Waals surface area (Å²) < 4.78 is 10.3. The van der Waals surface area contributed by atoms with Crippen LogP contribution in [0, 0.1) is 0 Å². The van der Waals surface area contributed by atoms with Crippen LogP contribution in [-0.2, 0) is 11.2 Å². The fourth-order valence-corrected chi connectivity index (χ4v) is 3.17. The number of nitrogens with zero attached hydrogens (tertiary/aromatic N) is 1. The number of hydrogen-bond acceptors (Lipinski definition) is 4. The van der Waals surface area contributed by atoms with Gasteiger partial charge in [-0.05, 0) is 48.2 Å². The summed E-state index contributed by atoms with van der Waals surface area (Å²) in [7, 11) is 3.16. The molecule has 1 aliphatic heterocycles. The quantitative estimate of drug-likeness (QED) is 0.876. The minimum Gasteiger partial charge on any atom is -0.504 e. The second-order valence-corrected chi connectivity index (χ2v) is 6.17. The van der Waals surface area contributed by atoms with Gasteiger partial charge in [0.1, 0.15) is 5.75 Å². The van der Waals surface area contributed by atoms with Gasteiger partial charge in [0.25, 0.3) is 0 Å². The predicted molar refractivity (Wildman–Crippen MR) is 95.0 cm³/mol. The van der Waals surface area contributed by atoms with Gasteiger partial charge in [0, 0.05) is 13.0 Å². The first-order chi connectivity index (χ1) is 12.1.